The molecule has 0 aliphatic rings. The van der Waals surface area contributed by atoms with Gasteiger partial charge in [0, 0.05) is 37.5 Å². The highest BCUT2D eigenvalue weighted by molar-refractivity contribution is 5.91. The Morgan fingerprint density at radius 2 is 1.75 bits per heavy atom. The third-order valence-corrected chi connectivity index (χ3v) is 4.63. The van der Waals surface area contributed by atoms with E-state index in [1.165, 1.54) is 50.4 Å². The molecular formula is C21H23FN4O6. The number of ether oxygens (including phenoxy) is 1. The highest BCUT2D eigenvalue weighted by atomic mass is 19.1. The molecule has 10 nitrogen and oxygen atoms in total. The van der Waals surface area contributed by atoms with Crippen LogP contribution in [0.3, 0.4) is 0 Å². The number of rotatable bonds is 10. The average Bonchev–Trinajstić information content (AvgIpc) is 2.73. The van der Waals surface area contributed by atoms with Crippen molar-refractivity contribution in [2.75, 3.05) is 7.11 Å². The lowest BCUT2D eigenvalue weighted by atomic mass is 10.0. The van der Waals surface area contributed by atoms with Crippen molar-refractivity contribution < 1.29 is 28.4 Å². The molecule has 2 atom stereocenters. The first-order chi connectivity index (χ1) is 15.1. The molecule has 0 saturated heterocycles. The van der Waals surface area contributed by atoms with Gasteiger partial charge in [0.25, 0.3) is 5.69 Å². The molecule has 0 spiro atoms. The number of halogens is 1. The van der Waals surface area contributed by atoms with Crippen molar-refractivity contribution in [3.63, 3.8) is 0 Å². The van der Waals surface area contributed by atoms with Gasteiger partial charge in [-0.25, -0.2) is 4.39 Å². The number of nitrogens with zero attached hydrogens (tertiary/aromatic N) is 1. The van der Waals surface area contributed by atoms with Crippen LogP contribution in [-0.4, -0.2) is 41.8 Å². The van der Waals surface area contributed by atoms with E-state index in [1.54, 1.807) is 6.07 Å². The van der Waals surface area contributed by atoms with Gasteiger partial charge in [0.2, 0.25) is 17.7 Å². The number of carbonyl (C=O) groups is 3. The van der Waals surface area contributed by atoms with E-state index in [1.807, 2.05) is 0 Å². The van der Waals surface area contributed by atoms with E-state index in [-0.39, 0.29) is 35.4 Å². The molecule has 2 rings (SSSR count). The summed E-state index contributed by atoms with van der Waals surface area (Å²) in [5.41, 5.74) is 5.66. The summed E-state index contributed by atoms with van der Waals surface area (Å²) in [6.07, 6.45) is -0.359. The maximum atomic E-state index is 14.0. The highest BCUT2D eigenvalue weighted by Crippen LogP contribution is 2.25. The SMILES string of the molecule is COc1ccc([N+](=O)[O-])cc1C[C@H](NC(=O)[C@@H](Cc1ccccc1F)NC(C)=O)C(N)=O. The zero-order valence-electron chi connectivity index (χ0n) is 17.5. The van der Waals surface area contributed by atoms with Crippen LogP contribution in [0.2, 0.25) is 0 Å². The van der Waals surface area contributed by atoms with Crippen LogP contribution in [0.15, 0.2) is 42.5 Å². The predicted octanol–water partition coefficient (Wildman–Crippen LogP) is 1.00. The van der Waals surface area contributed by atoms with E-state index in [4.69, 9.17) is 10.5 Å². The third-order valence-electron chi connectivity index (χ3n) is 4.63. The Hall–Kier alpha value is -4.02. The largest absolute Gasteiger partial charge is 0.496 e. The van der Waals surface area contributed by atoms with Gasteiger partial charge in [0.15, 0.2) is 0 Å². The van der Waals surface area contributed by atoms with Crippen LogP contribution in [0, 0.1) is 15.9 Å². The van der Waals surface area contributed by atoms with E-state index in [0.29, 0.717) is 0 Å². The number of non-ortho nitro benzene ring substituents is 1. The second-order valence-electron chi connectivity index (χ2n) is 6.97. The van der Waals surface area contributed by atoms with E-state index < -0.39 is 40.5 Å². The summed E-state index contributed by atoms with van der Waals surface area (Å²) in [6.45, 7) is 1.20. The molecule has 0 aliphatic carbocycles. The summed E-state index contributed by atoms with van der Waals surface area (Å²) in [4.78, 5) is 46.9. The number of hydrogen-bond donors (Lipinski definition) is 3. The van der Waals surface area contributed by atoms with Gasteiger partial charge >= 0.3 is 0 Å². The van der Waals surface area contributed by atoms with Gasteiger partial charge in [-0.15, -0.1) is 0 Å². The monoisotopic (exact) mass is 446 g/mol. The summed E-state index contributed by atoms with van der Waals surface area (Å²) in [6, 6.07) is 7.13. The van der Waals surface area contributed by atoms with Crippen molar-refractivity contribution in [2.24, 2.45) is 5.73 Å². The lowest BCUT2D eigenvalue weighted by Gasteiger charge is -2.22. The molecule has 2 aromatic rings. The number of hydrogen-bond acceptors (Lipinski definition) is 6. The van der Waals surface area contributed by atoms with Gasteiger partial charge in [-0.05, 0) is 17.7 Å². The minimum Gasteiger partial charge on any atom is -0.496 e. The number of benzene rings is 2. The predicted molar refractivity (Wildman–Crippen MR) is 112 cm³/mol. The number of nitrogens with one attached hydrogen (secondary N) is 2. The van der Waals surface area contributed by atoms with Crippen molar-refractivity contribution in [3.05, 3.63) is 69.5 Å². The van der Waals surface area contributed by atoms with E-state index in [2.05, 4.69) is 10.6 Å². The molecule has 0 bridgehead atoms. The second kappa shape index (κ2) is 10.8. The Morgan fingerprint density at radius 1 is 1.09 bits per heavy atom. The summed E-state index contributed by atoms with van der Waals surface area (Å²) in [5, 5.41) is 15.9. The maximum Gasteiger partial charge on any atom is 0.269 e. The summed E-state index contributed by atoms with van der Waals surface area (Å²) in [5.74, 6) is -2.49. The minimum absolute atomic E-state index is 0.163. The molecule has 11 heteroatoms. The third kappa shape index (κ3) is 6.49. The van der Waals surface area contributed by atoms with Crippen LogP contribution in [0.4, 0.5) is 10.1 Å². The molecule has 0 saturated carbocycles. The Kier molecular flexibility index (Phi) is 8.22. The molecule has 0 fully saturated rings. The molecule has 4 N–H and O–H groups in total. The van der Waals surface area contributed by atoms with Crippen LogP contribution in [-0.2, 0) is 27.2 Å². The molecule has 0 heterocycles. The van der Waals surface area contributed by atoms with Gasteiger partial charge in [-0.2, -0.15) is 0 Å². The van der Waals surface area contributed by atoms with Gasteiger partial charge in [-0.3, -0.25) is 24.5 Å². The number of amides is 3. The fraction of sp³-hybridized carbons (Fsp3) is 0.286. The maximum absolute atomic E-state index is 14.0. The lowest BCUT2D eigenvalue weighted by Crippen LogP contribution is -2.54. The highest BCUT2D eigenvalue weighted by Gasteiger charge is 2.27. The smallest absolute Gasteiger partial charge is 0.269 e. The fourth-order valence-electron chi connectivity index (χ4n) is 3.09. The quantitative estimate of drug-likeness (QED) is 0.365. The standard InChI is InChI=1S/C21H23FN4O6/c1-12(27)24-18(10-13-5-3-4-6-16(13)22)21(29)25-17(20(23)28)11-14-9-15(26(30)31)7-8-19(14)32-2/h3-9,17-18H,10-11H2,1-2H3,(H2,23,28)(H,24,27)(H,25,29)/t17-,18+/m0/s1. The Morgan fingerprint density at radius 3 is 2.31 bits per heavy atom. The van der Waals surface area contributed by atoms with E-state index in [9.17, 15) is 28.9 Å². The number of carbonyl (C=O) groups excluding carboxylic acids is 3. The van der Waals surface area contributed by atoms with E-state index in [0.717, 1.165) is 0 Å². The van der Waals surface area contributed by atoms with Crippen molar-refractivity contribution in [3.8, 4) is 5.75 Å². The van der Waals surface area contributed by atoms with Crippen LogP contribution in [0.1, 0.15) is 18.1 Å². The molecule has 32 heavy (non-hydrogen) atoms. The summed E-state index contributed by atoms with van der Waals surface area (Å²) in [7, 11) is 1.35. The van der Waals surface area contributed by atoms with Gasteiger partial charge in [0.1, 0.15) is 23.7 Å². The van der Waals surface area contributed by atoms with Crippen LogP contribution in [0.25, 0.3) is 0 Å². The summed E-state index contributed by atoms with van der Waals surface area (Å²) < 4.78 is 19.2. The van der Waals surface area contributed by atoms with Gasteiger partial charge in [0.05, 0.1) is 12.0 Å². The van der Waals surface area contributed by atoms with Crippen LogP contribution in [0.5, 0.6) is 5.75 Å². The first kappa shape index (κ1) is 24.3. The normalized spacial score (nSPS) is 12.3. The number of primary amides is 1. The van der Waals surface area contributed by atoms with E-state index >= 15 is 0 Å². The average molecular weight is 446 g/mol. The molecule has 3 amide bonds. The Bertz CT molecular complexity index is 1030. The zero-order valence-corrected chi connectivity index (χ0v) is 17.5. The summed E-state index contributed by atoms with van der Waals surface area (Å²) >= 11 is 0. The molecule has 0 unspecified atom stereocenters. The second-order valence-corrected chi connectivity index (χ2v) is 6.97. The first-order valence-corrected chi connectivity index (χ1v) is 9.53. The first-order valence-electron chi connectivity index (χ1n) is 9.53. The van der Waals surface area contributed by atoms with Crippen molar-refractivity contribution in [1.82, 2.24) is 10.6 Å². The van der Waals surface area contributed by atoms with Crippen molar-refractivity contribution >= 4 is 23.4 Å². The molecule has 0 radical (unpaired) electrons. The topological polar surface area (TPSA) is 154 Å². The number of nitro benzene ring substituents is 1. The number of methoxy groups -OCH3 is 1. The molecule has 170 valence electrons. The molecule has 0 aliphatic heterocycles. The Labute approximate surface area is 183 Å². The lowest BCUT2D eigenvalue weighted by molar-refractivity contribution is -0.384. The zero-order chi connectivity index (χ0) is 23.8. The van der Waals surface area contributed by atoms with Crippen molar-refractivity contribution in [2.45, 2.75) is 31.8 Å². The van der Waals surface area contributed by atoms with Crippen molar-refractivity contribution in [1.29, 1.82) is 0 Å². The molecule has 2 aromatic carbocycles. The fourth-order valence-corrected chi connectivity index (χ4v) is 3.09. The molecule has 0 aromatic heterocycles. The van der Waals surface area contributed by atoms with Gasteiger partial charge in [-0.1, -0.05) is 18.2 Å². The number of nitrogens with two attached hydrogens (primary N) is 1. The van der Waals surface area contributed by atoms with Crippen LogP contribution < -0.4 is 21.1 Å². The Balaban J connectivity index is 2.26. The minimum atomic E-state index is -1.27. The van der Waals surface area contributed by atoms with Gasteiger partial charge < -0.3 is 21.1 Å². The number of nitro groups is 1. The molecular weight excluding hydrogens is 423 g/mol. The van der Waals surface area contributed by atoms with Crippen LogP contribution >= 0.6 is 0 Å².